The number of carboxylic acid groups (broad SMARTS) is 1. The lowest BCUT2D eigenvalue weighted by Crippen LogP contribution is -2.43. The summed E-state index contributed by atoms with van der Waals surface area (Å²) in [5.74, 6) is -5.21. The van der Waals surface area contributed by atoms with E-state index in [-0.39, 0.29) is 6.42 Å². The molecule has 1 unspecified atom stereocenters. The molecular weight excluding hydrogens is 277 g/mol. The Bertz CT molecular complexity index is 523. The Balaban J connectivity index is 2.78. The van der Waals surface area contributed by atoms with Crippen molar-refractivity contribution in [3.8, 4) is 0 Å². The molecule has 0 aliphatic rings. The maximum atomic E-state index is 13.3. The third kappa shape index (κ3) is 4.15. The number of carboxylic acids is 1. The molecule has 0 bridgehead atoms. The maximum Gasteiger partial charge on any atom is 0.326 e. The zero-order chi connectivity index (χ0) is 15.3. The highest BCUT2D eigenvalue weighted by molar-refractivity contribution is 5.92. The number of nitrogens with one attached hydrogen (secondary N) is 2. The Morgan fingerprint density at radius 2 is 1.95 bits per heavy atom. The van der Waals surface area contributed by atoms with Crippen molar-refractivity contribution in [1.29, 1.82) is 0 Å². The molecule has 5 nitrogen and oxygen atoms in total. The monoisotopic (exact) mass is 290 g/mol. The minimum Gasteiger partial charge on any atom is -0.480 e. The predicted molar refractivity (Wildman–Crippen MR) is 64.8 cm³/mol. The van der Waals surface area contributed by atoms with Crippen molar-refractivity contribution < 1.29 is 27.9 Å². The molecule has 0 saturated carbocycles. The van der Waals surface area contributed by atoms with E-state index in [0.717, 1.165) is 0 Å². The Morgan fingerprint density at radius 1 is 1.30 bits per heavy atom. The first-order valence-electron chi connectivity index (χ1n) is 5.80. The van der Waals surface area contributed by atoms with Crippen molar-refractivity contribution >= 4 is 17.7 Å². The second-order valence-electron chi connectivity index (χ2n) is 4.03. The van der Waals surface area contributed by atoms with Crippen molar-refractivity contribution in [3.63, 3.8) is 0 Å². The number of urea groups is 1. The molecule has 110 valence electrons. The summed E-state index contributed by atoms with van der Waals surface area (Å²) < 4.78 is 39.1. The van der Waals surface area contributed by atoms with Gasteiger partial charge in [0.1, 0.15) is 11.9 Å². The van der Waals surface area contributed by atoms with Gasteiger partial charge in [-0.2, -0.15) is 0 Å². The standard InChI is InChI=1S/C12H13F3N2O3/c1-2-3-8(11(18)19)16-12(20)17-9-5-6(13)4-7(14)10(9)15/h4-5,8H,2-3H2,1H3,(H,18,19)(H2,16,17,20). The van der Waals surface area contributed by atoms with Gasteiger partial charge >= 0.3 is 12.0 Å². The van der Waals surface area contributed by atoms with Crippen LogP contribution in [-0.4, -0.2) is 23.1 Å². The van der Waals surface area contributed by atoms with Gasteiger partial charge in [0.05, 0.1) is 5.69 Å². The van der Waals surface area contributed by atoms with Gasteiger partial charge in [-0.3, -0.25) is 0 Å². The number of hydrogen-bond donors (Lipinski definition) is 3. The average molecular weight is 290 g/mol. The van der Waals surface area contributed by atoms with E-state index in [4.69, 9.17) is 5.11 Å². The summed E-state index contributed by atoms with van der Waals surface area (Å²) in [5, 5.41) is 12.8. The van der Waals surface area contributed by atoms with Crippen LogP contribution in [0.2, 0.25) is 0 Å². The lowest BCUT2D eigenvalue weighted by Gasteiger charge is -2.14. The number of benzene rings is 1. The van der Waals surface area contributed by atoms with Crippen LogP contribution in [0.1, 0.15) is 19.8 Å². The number of carbonyl (C=O) groups is 2. The summed E-state index contributed by atoms with van der Waals surface area (Å²) in [6, 6.07) is -1.31. The van der Waals surface area contributed by atoms with Crippen molar-refractivity contribution in [3.05, 3.63) is 29.6 Å². The highest BCUT2D eigenvalue weighted by Gasteiger charge is 2.20. The average Bonchev–Trinajstić information content (AvgIpc) is 2.34. The molecule has 1 atom stereocenters. The molecule has 0 saturated heterocycles. The quantitative estimate of drug-likeness (QED) is 0.729. The second kappa shape index (κ2) is 6.78. The smallest absolute Gasteiger partial charge is 0.326 e. The molecule has 0 aromatic heterocycles. The minimum absolute atomic E-state index is 0.169. The normalized spacial score (nSPS) is 11.8. The third-order valence-corrected chi connectivity index (χ3v) is 2.42. The van der Waals surface area contributed by atoms with Crippen LogP contribution < -0.4 is 10.6 Å². The fourth-order valence-corrected chi connectivity index (χ4v) is 1.51. The zero-order valence-corrected chi connectivity index (χ0v) is 10.5. The fourth-order valence-electron chi connectivity index (χ4n) is 1.51. The predicted octanol–water partition coefficient (Wildman–Crippen LogP) is 2.48. The number of rotatable bonds is 5. The molecule has 3 N–H and O–H groups in total. The van der Waals surface area contributed by atoms with Gasteiger partial charge in [0.2, 0.25) is 0 Å². The molecule has 8 heteroatoms. The fraction of sp³-hybridized carbons (Fsp3) is 0.333. The van der Waals surface area contributed by atoms with Gasteiger partial charge in [0.25, 0.3) is 0 Å². The molecular formula is C12H13F3N2O3. The van der Waals surface area contributed by atoms with Crippen LogP contribution in [-0.2, 0) is 4.79 Å². The lowest BCUT2D eigenvalue weighted by molar-refractivity contribution is -0.139. The van der Waals surface area contributed by atoms with E-state index < -0.39 is 41.2 Å². The molecule has 2 amide bonds. The van der Waals surface area contributed by atoms with Gasteiger partial charge in [-0.15, -0.1) is 0 Å². The first kappa shape index (κ1) is 15.8. The second-order valence-corrected chi connectivity index (χ2v) is 4.03. The first-order chi connectivity index (χ1) is 9.35. The highest BCUT2D eigenvalue weighted by Crippen LogP contribution is 2.19. The van der Waals surface area contributed by atoms with Crippen LogP contribution in [0.25, 0.3) is 0 Å². The van der Waals surface area contributed by atoms with Gasteiger partial charge in [-0.1, -0.05) is 13.3 Å². The van der Waals surface area contributed by atoms with E-state index in [2.05, 4.69) is 5.32 Å². The van der Waals surface area contributed by atoms with E-state index in [9.17, 15) is 22.8 Å². The Morgan fingerprint density at radius 3 is 2.50 bits per heavy atom. The lowest BCUT2D eigenvalue weighted by atomic mass is 10.2. The van der Waals surface area contributed by atoms with Crippen LogP contribution >= 0.6 is 0 Å². The zero-order valence-electron chi connectivity index (χ0n) is 10.5. The minimum atomic E-state index is -1.45. The van der Waals surface area contributed by atoms with Crippen molar-refractivity contribution in [2.45, 2.75) is 25.8 Å². The van der Waals surface area contributed by atoms with Crippen LogP contribution in [0.15, 0.2) is 12.1 Å². The van der Waals surface area contributed by atoms with Gasteiger partial charge < -0.3 is 15.7 Å². The molecule has 0 radical (unpaired) electrons. The van der Waals surface area contributed by atoms with E-state index >= 15 is 0 Å². The number of aliphatic carboxylic acids is 1. The van der Waals surface area contributed by atoms with Crippen molar-refractivity contribution in [2.24, 2.45) is 0 Å². The van der Waals surface area contributed by atoms with Crippen LogP contribution in [0.3, 0.4) is 0 Å². The molecule has 0 aliphatic carbocycles. The Labute approximate surface area is 112 Å². The van der Waals surface area contributed by atoms with Crippen molar-refractivity contribution in [2.75, 3.05) is 5.32 Å². The van der Waals surface area contributed by atoms with E-state index in [1.54, 1.807) is 6.92 Å². The SMILES string of the molecule is CCCC(NC(=O)Nc1cc(F)cc(F)c1F)C(=O)O. The number of amides is 2. The molecule has 0 fully saturated rings. The largest absolute Gasteiger partial charge is 0.480 e. The van der Waals surface area contributed by atoms with Gasteiger partial charge in [0.15, 0.2) is 11.6 Å². The summed E-state index contributed by atoms with van der Waals surface area (Å²) in [6.07, 6.45) is 0.670. The number of hydrogen-bond acceptors (Lipinski definition) is 2. The molecule has 1 rings (SSSR count). The van der Waals surface area contributed by atoms with Crippen LogP contribution in [0.5, 0.6) is 0 Å². The van der Waals surface area contributed by atoms with E-state index in [0.29, 0.717) is 18.6 Å². The first-order valence-corrected chi connectivity index (χ1v) is 5.80. The molecule has 1 aromatic rings. The van der Waals surface area contributed by atoms with Crippen molar-refractivity contribution in [1.82, 2.24) is 5.32 Å². The van der Waals surface area contributed by atoms with Gasteiger partial charge in [0, 0.05) is 12.1 Å². The van der Waals surface area contributed by atoms with Crippen LogP contribution in [0, 0.1) is 17.5 Å². The maximum absolute atomic E-state index is 13.3. The number of carbonyl (C=O) groups excluding carboxylic acids is 1. The molecule has 0 heterocycles. The molecule has 0 aliphatic heterocycles. The summed E-state index contributed by atoms with van der Waals surface area (Å²) in [6.45, 7) is 1.72. The summed E-state index contributed by atoms with van der Waals surface area (Å²) in [4.78, 5) is 22.3. The Hall–Kier alpha value is -2.25. The third-order valence-electron chi connectivity index (χ3n) is 2.42. The molecule has 0 spiro atoms. The van der Waals surface area contributed by atoms with Gasteiger partial charge in [-0.25, -0.2) is 22.8 Å². The highest BCUT2D eigenvalue weighted by atomic mass is 19.2. The molecule has 20 heavy (non-hydrogen) atoms. The van der Waals surface area contributed by atoms with Gasteiger partial charge in [-0.05, 0) is 6.42 Å². The number of anilines is 1. The number of halogens is 3. The topological polar surface area (TPSA) is 78.4 Å². The summed E-state index contributed by atoms with van der Waals surface area (Å²) in [7, 11) is 0. The summed E-state index contributed by atoms with van der Waals surface area (Å²) in [5.41, 5.74) is -0.708. The van der Waals surface area contributed by atoms with E-state index in [1.807, 2.05) is 5.32 Å². The van der Waals surface area contributed by atoms with E-state index in [1.165, 1.54) is 0 Å². The van der Waals surface area contributed by atoms with Crippen LogP contribution in [0.4, 0.5) is 23.7 Å². The summed E-state index contributed by atoms with van der Waals surface area (Å²) >= 11 is 0. The Kier molecular flexibility index (Phi) is 5.36. The molecule has 1 aromatic carbocycles.